The van der Waals surface area contributed by atoms with Gasteiger partial charge < -0.3 is 5.73 Å². The lowest BCUT2D eigenvalue weighted by Gasteiger charge is -2.18. The minimum absolute atomic E-state index is 0.0867. The van der Waals surface area contributed by atoms with E-state index in [0.29, 0.717) is 17.7 Å². The molecule has 2 unspecified atom stereocenters. The van der Waals surface area contributed by atoms with Crippen LogP contribution in [0.25, 0.3) is 0 Å². The molecule has 2 amide bonds. The van der Waals surface area contributed by atoms with Crippen molar-refractivity contribution in [1.82, 2.24) is 0 Å². The minimum atomic E-state index is -0.0941. The third-order valence-corrected chi connectivity index (χ3v) is 3.58. The average molecular weight is 254 g/mol. The van der Waals surface area contributed by atoms with Crippen LogP contribution in [-0.2, 0) is 9.59 Å². The van der Waals surface area contributed by atoms with E-state index in [1.54, 1.807) is 0 Å². The number of aryl methyl sites for hydroxylation is 1. The number of carbonyl (C=O) groups excluding carboxylic acids is 2. The number of nitrogens with two attached hydrogens (primary N) is 1. The number of hydrogen-bond donors (Lipinski definition) is 1. The van der Waals surface area contributed by atoms with Gasteiger partial charge >= 0.3 is 0 Å². The zero-order valence-corrected chi connectivity index (χ0v) is 10.6. The molecule has 0 aromatic heterocycles. The van der Waals surface area contributed by atoms with E-state index in [0.717, 1.165) is 5.56 Å². The van der Waals surface area contributed by atoms with Crippen LogP contribution in [0.15, 0.2) is 18.2 Å². The molecule has 0 spiro atoms. The number of imide groups is 1. The molecule has 96 valence electrons. The first-order valence-electron chi connectivity index (χ1n) is 6.31. The minimum Gasteiger partial charge on any atom is -0.320 e. The van der Waals surface area contributed by atoms with Crippen molar-refractivity contribution in [1.29, 1.82) is 0 Å². The maximum atomic E-state index is 12.1. The molecule has 1 aromatic carbocycles. The number of carbonyl (C=O) groups is 2. The van der Waals surface area contributed by atoms with Crippen molar-refractivity contribution < 1.29 is 9.59 Å². The van der Waals surface area contributed by atoms with Crippen molar-refractivity contribution in [3.8, 4) is 11.8 Å². The van der Waals surface area contributed by atoms with E-state index in [4.69, 9.17) is 5.73 Å². The van der Waals surface area contributed by atoms with E-state index in [1.807, 2.05) is 25.1 Å². The summed E-state index contributed by atoms with van der Waals surface area (Å²) in [4.78, 5) is 25.6. The Kier molecular flexibility index (Phi) is 2.65. The smallest absolute Gasteiger partial charge is 0.237 e. The number of fused-ring (bicyclic) bond motifs is 1. The molecular weight excluding hydrogens is 240 g/mol. The summed E-state index contributed by atoms with van der Waals surface area (Å²) in [6, 6.07) is 5.58. The molecule has 4 heteroatoms. The van der Waals surface area contributed by atoms with Crippen molar-refractivity contribution in [3.63, 3.8) is 0 Å². The van der Waals surface area contributed by atoms with Crippen molar-refractivity contribution in [2.75, 3.05) is 11.4 Å². The lowest BCUT2D eigenvalue weighted by molar-refractivity contribution is -0.123. The third kappa shape index (κ3) is 1.83. The van der Waals surface area contributed by atoms with Crippen LogP contribution in [0.4, 0.5) is 5.69 Å². The SMILES string of the molecule is Cc1ccc(C#CCN)c(N2C(=O)C3CC3C2=O)c1. The molecule has 2 N–H and O–H groups in total. The van der Waals surface area contributed by atoms with Gasteiger partial charge in [-0.1, -0.05) is 17.9 Å². The van der Waals surface area contributed by atoms with Gasteiger partial charge in [-0.25, -0.2) is 4.90 Å². The Balaban J connectivity index is 2.06. The summed E-state index contributed by atoms with van der Waals surface area (Å²) in [5.74, 6) is 5.33. The van der Waals surface area contributed by atoms with Gasteiger partial charge in [-0.2, -0.15) is 0 Å². The first-order chi connectivity index (χ1) is 9.13. The van der Waals surface area contributed by atoms with Crippen LogP contribution in [-0.4, -0.2) is 18.4 Å². The normalized spacial score (nSPS) is 24.0. The molecule has 1 aromatic rings. The molecule has 4 nitrogen and oxygen atoms in total. The number of nitrogens with zero attached hydrogens (tertiary/aromatic N) is 1. The topological polar surface area (TPSA) is 63.4 Å². The highest BCUT2D eigenvalue weighted by molar-refractivity contribution is 6.25. The first kappa shape index (κ1) is 11.9. The molecule has 0 radical (unpaired) electrons. The highest BCUT2D eigenvalue weighted by Gasteiger charge is 2.59. The Hall–Kier alpha value is -2.12. The summed E-state index contributed by atoms with van der Waals surface area (Å²) < 4.78 is 0. The third-order valence-electron chi connectivity index (χ3n) is 3.58. The Morgan fingerprint density at radius 1 is 1.32 bits per heavy atom. The van der Waals surface area contributed by atoms with Crippen LogP contribution in [0.3, 0.4) is 0 Å². The van der Waals surface area contributed by atoms with Crippen LogP contribution < -0.4 is 10.6 Å². The number of hydrogen-bond acceptors (Lipinski definition) is 3. The number of anilines is 1. The molecule has 1 saturated heterocycles. The number of benzene rings is 1. The second-order valence-corrected chi connectivity index (χ2v) is 4.99. The quantitative estimate of drug-likeness (QED) is 0.596. The molecule has 2 atom stereocenters. The van der Waals surface area contributed by atoms with Crippen LogP contribution in [0.1, 0.15) is 17.5 Å². The van der Waals surface area contributed by atoms with Gasteiger partial charge in [0, 0.05) is 5.56 Å². The fourth-order valence-electron chi connectivity index (χ4n) is 2.50. The van der Waals surface area contributed by atoms with Gasteiger partial charge in [0.1, 0.15) is 0 Å². The van der Waals surface area contributed by atoms with Gasteiger partial charge in [0.05, 0.1) is 24.1 Å². The number of rotatable bonds is 1. The van der Waals surface area contributed by atoms with Crippen LogP contribution >= 0.6 is 0 Å². The molecule has 0 bridgehead atoms. The van der Waals surface area contributed by atoms with E-state index in [2.05, 4.69) is 11.8 Å². The number of piperidine rings is 1. The fraction of sp³-hybridized carbons (Fsp3) is 0.333. The van der Waals surface area contributed by atoms with E-state index in [-0.39, 0.29) is 30.2 Å². The summed E-state index contributed by atoms with van der Waals surface area (Å²) in [7, 11) is 0. The Labute approximate surface area is 111 Å². The standard InChI is InChI=1S/C15H14N2O2/c1-9-4-5-10(3-2-6-16)13(7-9)17-14(18)11-8-12(11)15(17)19/h4-5,7,11-12H,6,8,16H2,1H3. The second kappa shape index (κ2) is 4.22. The van der Waals surface area contributed by atoms with E-state index in [9.17, 15) is 9.59 Å². The van der Waals surface area contributed by atoms with Gasteiger partial charge in [-0.05, 0) is 31.0 Å². The average Bonchev–Trinajstić information content (AvgIpc) is 3.13. The summed E-state index contributed by atoms with van der Waals surface area (Å²) in [5.41, 5.74) is 7.65. The van der Waals surface area contributed by atoms with Crippen molar-refractivity contribution in [3.05, 3.63) is 29.3 Å². The van der Waals surface area contributed by atoms with Crippen LogP contribution in [0.5, 0.6) is 0 Å². The maximum Gasteiger partial charge on any atom is 0.237 e. The van der Waals surface area contributed by atoms with Crippen LogP contribution in [0, 0.1) is 30.6 Å². The predicted octanol–water partition coefficient (Wildman–Crippen LogP) is 0.815. The Morgan fingerprint density at radius 2 is 2.00 bits per heavy atom. The summed E-state index contributed by atoms with van der Waals surface area (Å²) >= 11 is 0. The van der Waals surface area contributed by atoms with Gasteiger partial charge in [-0.15, -0.1) is 0 Å². The molecule has 1 aliphatic heterocycles. The van der Waals surface area contributed by atoms with E-state index in [1.165, 1.54) is 4.90 Å². The highest BCUT2D eigenvalue weighted by Crippen LogP contribution is 2.48. The molecule has 19 heavy (non-hydrogen) atoms. The zero-order chi connectivity index (χ0) is 13.6. The molecule has 1 heterocycles. The molecule has 3 rings (SSSR count). The lowest BCUT2D eigenvalue weighted by atomic mass is 10.1. The summed E-state index contributed by atoms with van der Waals surface area (Å²) in [6.07, 6.45) is 0.712. The maximum absolute atomic E-state index is 12.1. The second-order valence-electron chi connectivity index (χ2n) is 4.99. The lowest BCUT2D eigenvalue weighted by Crippen LogP contribution is -2.33. The van der Waals surface area contributed by atoms with Gasteiger partial charge in [-0.3, -0.25) is 9.59 Å². The van der Waals surface area contributed by atoms with Crippen LogP contribution in [0.2, 0.25) is 0 Å². The molecule has 1 aliphatic carbocycles. The summed E-state index contributed by atoms with van der Waals surface area (Å²) in [6.45, 7) is 2.18. The van der Waals surface area contributed by atoms with Crippen molar-refractivity contribution >= 4 is 17.5 Å². The number of amides is 2. The van der Waals surface area contributed by atoms with Gasteiger partial charge in [0.2, 0.25) is 11.8 Å². The Morgan fingerprint density at radius 3 is 2.63 bits per heavy atom. The molecule has 2 fully saturated rings. The van der Waals surface area contributed by atoms with Crippen molar-refractivity contribution in [2.24, 2.45) is 17.6 Å². The van der Waals surface area contributed by atoms with E-state index >= 15 is 0 Å². The van der Waals surface area contributed by atoms with Gasteiger partial charge in [0.25, 0.3) is 0 Å². The molecular formula is C15H14N2O2. The Bertz CT molecular complexity index is 619. The van der Waals surface area contributed by atoms with E-state index < -0.39 is 0 Å². The molecule has 1 saturated carbocycles. The highest BCUT2D eigenvalue weighted by atomic mass is 16.2. The first-order valence-corrected chi connectivity index (χ1v) is 6.31. The summed E-state index contributed by atoms with van der Waals surface area (Å²) in [5, 5.41) is 0. The predicted molar refractivity (Wildman–Crippen MR) is 71.2 cm³/mol. The largest absolute Gasteiger partial charge is 0.320 e. The zero-order valence-electron chi connectivity index (χ0n) is 10.6. The van der Waals surface area contributed by atoms with Gasteiger partial charge in [0.15, 0.2) is 0 Å². The molecule has 2 aliphatic rings. The fourth-order valence-corrected chi connectivity index (χ4v) is 2.50. The monoisotopic (exact) mass is 254 g/mol. The van der Waals surface area contributed by atoms with Crippen molar-refractivity contribution in [2.45, 2.75) is 13.3 Å².